The number of benzene rings is 1. The van der Waals surface area contributed by atoms with Gasteiger partial charge >= 0.3 is 11.7 Å². The normalized spacial score (nSPS) is 9.73. The molecule has 0 aliphatic rings. The molecule has 0 radical (unpaired) electrons. The van der Waals surface area contributed by atoms with Crippen LogP contribution in [0.4, 0.5) is 10.1 Å². The molecule has 15 heavy (non-hydrogen) atoms. The summed E-state index contributed by atoms with van der Waals surface area (Å²) in [5, 5.41) is 19.5. The minimum absolute atomic E-state index is 0.453. The molecule has 1 N–H and O–H groups in total. The average molecular weight is 215 g/mol. The Morgan fingerprint density at radius 2 is 2.20 bits per heavy atom. The fraction of sp³-hybridized carbons (Fsp3) is 0.125. The highest BCUT2D eigenvalue weighted by atomic mass is 19.1. The number of halogens is 1. The van der Waals surface area contributed by atoms with Crippen molar-refractivity contribution in [3.8, 4) is 5.75 Å². The molecular formula is C8H6FNO5. The summed E-state index contributed by atoms with van der Waals surface area (Å²) in [4.78, 5) is 20.3. The Bertz CT molecular complexity index is 431. The summed E-state index contributed by atoms with van der Waals surface area (Å²) >= 11 is 0. The SMILES string of the molecule is COC(=O)c1cc([N+](=O)[O-])c(F)cc1O. The first-order valence-electron chi connectivity index (χ1n) is 3.72. The first kappa shape index (κ1) is 10.9. The summed E-state index contributed by atoms with van der Waals surface area (Å²) < 4.78 is 17.1. The van der Waals surface area contributed by atoms with Crippen molar-refractivity contribution in [1.29, 1.82) is 0 Å². The van der Waals surface area contributed by atoms with Crippen LogP contribution < -0.4 is 0 Å². The van der Waals surface area contributed by atoms with E-state index in [0.717, 1.165) is 7.11 Å². The molecule has 0 saturated heterocycles. The van der Waals surface area contributed by atoms with Crippen LogP contribution in [0.1, 0.15) is 10.4 Å². The maximum atomic E-state index is 12.9. The Morgan fingerprint density at radius 1 is 1.60 bits per heavy atom. The van der Waals surface area contributed by atoms with Gasteiger partial charge in [-0.1, -0.05) is 0 Å². The molecule has 0 bridgehead atoms. The van der Waals surface area contributed by atoms with Crippen molar-refractivity contribution in [1.82, 2.24) is 0 Å². The maximum absolute atomic E-state index is 12.9. The number of hydrogen-bond acceptors (Lipinski definition) is 5. The van der Waals surface area contributed by atoms with Gasteiger partial charge in [0.15, 0.2) is 0 Å². The Hall–Kier alpha value is -2.18. The van der Waals surface area contributed by atoms with Crippen LogP contribution in [-0.4, -0.2) is 23.1 Å². The molecule has 0 unspecified atom stereocenters. The van der Waals surface area contributed by atoms with Gasteiger partial charge in [-0.2, -0.15) is 4.39 Å². The van der Waals surface area contributed by atoms with E-state index >= 15 is 0 Å². The monoisotopic (exact) mass is 215 g/mol. The van der Waals surface area contributed by atoms with Crippen LogP contribution in [0.5, 0.6) is 5.75 Å². The first-order chi connectivity index (χ1) is 6.97. The predicted octanol–water partition coefficient (Wildman–Crippen LogP) is 1.23. The summed E-state index contributed by atoms with van der Waals surface area (Å²) in [6.45, 7) is 0. The molecule has 0 fully saturated rings. The van der Waals surface area contributed by atoms with Crippen LogP contribution in [0.25, 0.3) is 0 Å². The van der Waals surface area contributed by atoms with E-state index in [0.29, 0.717) is 12.1 Å². The van der Waals surface area contributed by atoms with Gasteiger partial charge in [-0.05, 0) is 0 Å². The van der Waals surface area contributed by atoms with Gasteiger partial charge in [-0.3, -0.25) is 10.1 Å². The number of phenols is 1. The Balaban J connectivity index is 3.36. The fourth-order valence-corrected chi connectivity index (χ4v) is 0.965. The van der Waals surface area contributed by atoms with Crippen LogP contribution in [0.15, 0.2) is 12.1 Å². The summed E-state index contributed by atoms with van der Waals surface area (Å²) in [6.07, 6.45) is 0. The smallest absolute Gasteiger partial charge is 0.341 e. The quantitative estimate of drug-likeness (QED) is 0.455. The highest BCUT2D eigenvalue weighted by Gasteiger charge is 2.22. The number of phenolic OH excluding ortho intramolecular Hbond substituents is 1. The summed E-state index contributed by atoms with van der Waals surface area (Å²) in [6, 6.07) is 1.11. The van der Waals surface area contributed by atoms with Gasteiger partial charge in [0.25, 0.3) is 0 Å². The molecule has 0 amide bonds. The lowest BCUT2D eigenvalue weighted by molar-refractivity contribution is -0.387. The number of methoxy groups -OCH3 is 1. The molecule has 6 nitrogen and oxygen atoms in total. The molecule has 0 spiro atoms. The van der Waals surface area contributed by atoms with Crippen molar-refractivity contribution in [3.05, 3.63) is 33.6 Å². The molecule has 0 atom stereocenters. The zero-order valence-corrected chi connectivity index (χ0v) is 7.56. The highest BCUT2D eigenvalue weighted by Crippen LogP contribution is 2.26. The number of carbonyl (C=O) groups excluding carboxylic acids is 1. The third-order valence-corrected chi connectivity index (χ3v) is 1.67. The fourth-order valence-electron chi connectivity index (χ4n) is 0.965. The van der Waals surface area contributed by atoms with Crippen molar-refractivity contribution < 1.29 is 24.0 Å². The van der Waals surface area contributed by atoms with Gasteiger partial charge in [-0.25, -0.2) is 4.79 Å². The van der Waals surface area contributed by atoms with Crippen molar-refractivity contribution in [2.45, 2.75) is 0 Å². The predicted molar refractivity (Wildman–Crippen MR) is 46.1 cm³/mol. The molecule has 1 aromatic carbocycles. The molecule has 0 aliphatic carbocycles. The van der Waals surface area contributed by atoms with Gasteiger partial charge < -0.3 is 9.84 Å². The second kappa shape index (κ2) is 3.91. The Morgan fingerprint density at radius 3 is 2.67 bits per heavy atom. The van der Waals surface area contributed by atoms with Crippen molar-refractivity contribution in [2.75, 3.05) is 7.11 Å². The van der Waals surface area contributed by atoms with E-state index in [9.17, 15) is 19.3 Å². The minimum Gasteiger partial charge on any atom is -0.507 e. The third kappa shape index (κ3) is 2.01. The van der Waals surface area contributed by atoms with E-state index in [4.69, 9.17) is 5.11 Å². The lowest BCUT2D eigenvalue weighted by atomic mass is 10.1. The van der Waals surface area contributed by atoms with E-state index in [1.54, 1.807) is 0 Å². The Labute approximate surface area is 83.0 Å². The van der Waals surface area contributed by atoms with Gasteiger partial charge in [0.05, 0.1) is 12.0 Å². The van der Waals surface area contributed by atoms with Crippen LogP contribution >= 0.6 is 0 Å². The third-order valence-electron chi connectivity index (χ3n) is 1.67. The number of hydrogen-bond donors (Lipinski definition) is 1. The zero-order valence-electron chi connectivity index (χ0n) is 7.56. The van der Waals surface area contributed by atoms with Gasteiger partial charge in [-0.15, -0.1) is 0 Å². The van der Waals surface area contributed by atoms with Crippen LogP contribution in [0.2, 0.25) is 0 Å². The average Bonchev–Trinajstić information content (AvgIpc) is 2.16. The van der Waals surface area contributed by atoms with Crippen LogP contribution in [0, 0.1) is 15.9 Å². The lowest BCUT2D eigenvalue weighted by Crippen LogP contribution is -2.04. The molecule has 0 heterocycles. The van der Waals surface area contributed by atoms with Crippen molar-refractivity contribution >= 4 is 11.7 Å². The second-order valence-corrected chi connectivity index (χ2v) is 2.57. The number of nitrogens with zero attached hydrogens (tertiary/aromatic N) is 1. The first-order valence-corrected chi connectivity index (χ1v) is 3.72. The van der Waals surface area contributed by atoms with E-state index in [2.05, 4.69) is 4.74 Å². The van der Waals surface area contributed by atoms with Crippen molar-refractivity contribution in [3.63, 3.8) is 0 Å². The molecular weight excluding hydrogens is 209 g/mol. The highest BCUT2D eigenvalue weighted by molar-refractivity contribution is 5.93. The molecule has 80 valence electrons. The topological polar surface area (TPSA) is 89.7 Å². The number of esters is 1. The number of nitro benzene ring substituents is 1. The molecule has 7 heteroatoms. The van der Waals surface area contributed by atoms with Gasteiger partial charge in [0.1, 0.15) is 11.3 Å². The molecule has 0 aliphatic heterocycles. The van der Waals surface area contributed by atoms with Gasteiger partial charge in [0, 0.05) is 12.1 Å². The number of aromatic hydroxyl groups is 1. The zero-order chi connectivity index (χ0) is 11.6. The largest absolute Gasteiger partial charge is 0.507 e. The van der Waals surface area contributed by atoms with E-state index < -0.39 is 33.7 Å². The number of carbonyl (C=O) groups is 1. The van der Waals surface area contributed by atoms with Crippen molar-refractivity contribution in [2.24, 2.45) is 0 Å². The van der Waals surface area contributed by atoms with Gasteiger partial charge in [0.2, 0.25) is 5.82 Å². The number of rotatable bonds is 2. The van der Waals surface area contributed by atoms with E-state index in [-0.39, 0.29) is 0 Å². The van der Waals surface area contributed by atoms with Crippen LogP contribution in [-0.2, 0) is 4.74 Å². The van der Waals surface area contributed by atoms with E-state index in [1.807, 2.05) is 0 Å². The number of nitro groups is 1. The molecule has 1 aromatic rings. The summed E-state index contributed by atoms with van der Waals surface area (Å²) in [5.74, 6) is -2.90. The minimum atomic E-state index is -1.22. The maximum Gasteiger partial charge on any atom is 0.341 e. The Kier molecular flexibility index (Phi) is 2.84. The summed E-state index contributed by atoms with van der Waals surface area (Å²) in [7, 11) is 1.04. The lowest BCUT2D eigenvalue weighted by Gasteiger charge is -2.02. The standard InChI is InChI=1S/C8H6FNO5/c1-15-8(12)4-2-6(10(13)14)5(9)3-7(4)11/h2-3,11H,1H3. The molecule has 0 saturated carbocycles. The second-order valence-electron chi connectivity index (χ2n) is 2.57. The summed E-state index contributed by atoms with van der Waals surface area (Å²) in [5.41, 5.74) is -1.35. The number of ether oxygens (including phenoxy) is 1. The molecule has 0 aromatic heterocycles. The van der Waals surface area contributed by atoms with Crippen LogP contribution in [0.3, 0.4) is 0 Å². The van der Waals surface area contributed by atoms with E-state index in [1.165, 1.54) is 0 Å². The molecule has 1 rings (SSSR count).